The van der Waals surface area contributed by atoms with Crippen molar-refractivity contribution in [3.8, 4) is 0 Å². The van der Waals surface area contributed by atoms with E-state index in [9.17, 15) is 14.7 Å². The molecule has 1 aliphatic rings. The number of ether oxygens (including phenoxy) is 1. The number of carbonyl (C=O) groups excluding carboxylic acids is 1. The Bertz CT molecular complexity index is 379. The van der Waals surface area contributed by atoms with Gasteiger partial charge in [0.15, 0.2) is 5.78 Å². The molecule has 128 valence electrons. The Balaban J connectivity index is 2.72. The molecule has 0 radical (unpaired) electrons. The third-order valence-corrected chi connectivity index (χ3v) is 5.32. The van der Waals surface area contributed by atoms with E-state index in [1.54, 1.807) is 6.92 Å². The molecule has 1 saturated heterocycles. The molecule has 22 heavy (non-hydrogen) atoms. The summed E-state index contributed by atoms with van der Waals surface area (Å²) in [6.07, 6.45) is 3.22. The van der Waals surface area contributed by atoms with Gasteiger partial charge in [0.05, 0.1) is 18.1 Å². The minimum Gasteiger partial charge on any atom is -0.481 e. The fourth-order valence-electron chi connectivity index (χ4n) is 3.10. The lowest BCUT2D eigenvalue weighted by molar-refractivity contribution is -0.146. The first-order valence-corrected chi connectivity index (χ1v) is 8.43. The van der Waals surface area contributed by atoms with Gasteiger partial charge in [-0.05, 0) is 31.1 Å². The topological polar surface area (TPSA) is 89.6 Å². The highest BCUT2D eigenvalue weighted by Gasteiger charge is 2.37. The fraction of sp³-hybridized carbons (Fsp3) is 0.882. The quantitative estimate of drug-likeness (QED) is 0.682. The van der Waals surface area contributed by atoms with Crippen molar-refractivity contribution >= 4 is 11.8 Å². The predicted molar refractivity (Wildman–Crippen MR) is 85.5 cm³/mol. The average molecular weight is 313 g/mol. The van der Waals surface area contributed by atoms with Crippen LogP contribution in [0.4, 0.5) is 0 Å². The van der Waals surface area contributed by atoms with Crippen LogP contribution in [-0.4, -0.2) is 35.6 Å². The van der Waals surface area contributed by atoms with Gasteiger partial charge in [0, 0.05) is 12.5 Å². The number of rotatable bonds is 9. The number of nitrogens with two attached hydrogens (primary N) is 1. The maximum absolute atomic E-state index is 12.5. The Hall–Kier alpha value is -0.940. The highest BCUT2D eigenvalue weighted by Crippen LogP contribution is 2.30. The number of hydrogen-bond donors (Lipinski definition) is 2. The van der Waals surface area contributed by atoms with E-state index in [-0.39, 0.29) is 29.6 Å². The molecule has 0 aromatic rings. The van der Waals surface area contributed by atoms with Gasteiger partial charge < -0.3 is 15.6 Å². The molecule has 0 aromatic heterocycles. The van der Waals surface area contributed by atoms with Crippen molar-refractivity contribution in [2.45, 2.75) is 65.5 Å². The minimum atomic E-state index is -0.847. The van der Waals surface area contributed by atoms with Crippen molar-refractivity contribution in [2.24, 2.45) is 29.4 Å². The van der Waals surface area contributed by atoms with E-state index in [0.717, 1.165) is 19.3 Å². The summed E-state index contributed by atoms with van der Waals surface area (Å²) in [6.45, 7) is 8.32. The molecule has 5 nitrogen and oxygen atoms in total. The lowest BCUT2D eigenvalue weighted by atomic mass is 9.76. The first-order valence-electron chi connectivity index (χ1n) is 8.43. The van der Waals surface area contributed by atoms with Gasteiger partial charge in [0.1, 0.15) is 0 Å². The summed E-state index contributed by atoms with van der Waals surface area (Å²) in [6, 6.07) is -0.514. The van der Waals surface area contributed by atoms with Crippen molar-refractivity contribution in [2.75, 3.05) is 6.61 Å². The highest BCUT2D eigenvalue weighted by molar-refractivity contribution is 5.87. The first-order chi connectivity index (χ1) is 10.3. The van der Waals surface area contributed by atoms with Crippen LogP contribution in [0, 0.1) is 23.7 Å². The zero-order valence-electron chi connectivity index (χ0n) is 14.2. The van der Waals surface area contributed by atoms with Crippen LogP contribution < -0.4 is 5.73 Å². The summed E-state index contributed by atoms with van der Waals surface area (Å²) in [5.41, 5.74) is 6.03. The number of aliphatic carboxylic acids is 1. The normalized spacial score (nSPS) is 25.2. The van der Waals surface area contributed by atoms with Crippen LogP contribution in [0.3, 0.4) is 0 Å². The molecular weight excluding hydrogens is 282 g/mol. The number of carboxylic acid groups (broad SMARTS) is 1. The Morgan fingerprint density at radius 1 is 1.32 bits per heavy atom. The third kappa shape index (κ3) is 4.78. The van der Waals surface area contributed by atoms with Crippen molar-refractivity contribution in [3.05, 3.63) is 0 Å². The molecule has 0 bridgehead atoms. The Morgan fingerprint density at radius 2 is 1.95 bits per heavy atom. The number of ketones is 1. The van der Waals surface area contributed by atoms with Gasteiger partial charge in [0.2, 0.25) is 0 Å². The highest BCUT2D eigenvalue weighted by atomic mass is 16.5. The van der Waals surface area contributed by atoms with E-state index in [0.29, 0.717) is 13.0 Å². The Labute approximate surface area is 133 Å². The molecule has 0 saturated carbocycles. The van der Waals surface area contributed by atoms with E-state index in [1.165, 1.54) is 0 Å². The summed E-state index contributed by atoms with van der Waals surface area (Å²) in [7, 11) is 0. The summed E-state index contributed by atoms with van der Waals surface area (Å²) in [4.78, 5) is 24.1. The van der Waals surface area contributed by atoms with Gasteiger partial charge in [-0.15, -0.1) is 0 Å². The maximum atomic E-state index is 12.5. The average Bonchev–Trinajstić information content (AvgIpc) is 3.01. The van der Waals surface area contributed by atoms with Crippen LogP contribution in [0.5, 0.6) is 0 Å². The number of carbonyl (C=O) groups is 2. The van der Waals surface area contributed by atoms with Crippen LogP contribution >= 0.6 is 0 Å². The molecular formula is C17H31NO4. The largest absolute Gasteiger partial charge is 0.481 e. The molecule has 3 N–H and O–H groups in total. The standard InChI is InChI=1S/C17H31NO4/c1-5-10(2)15(18)16(19)12(4)11(3)14(17(20)21)9-13-7-6-8-22-13/h10-15H,5-9,18H2,1-4H3,(H,20,21). The molecule has 0 aromatic carbocycles. The van der Waals surface area contributed by atoms with Crippen molar-refractivity contribution in [1.29, 1.82) is 0 Å². The van der Waals surface area contributed by atoms with E-state index in [2.05, 4.69) is 0 Å². The molecule has 1 aliphatic heterocycles. The van der Waals surface area contributed by atoms with Gasteiger partial charge in [-0.1, -0.05) is 34.1 Å². The third-order valence-electron chi connectivity index (χ3n) is 5.32. The van der Waals surface area contributed by atoms with E-state index >= 15 is 0 Å². The number of carboxylic acids is 1. The van der Waals surface area contributed by atoms with E-state index in [4.69, 9.17) is 10.5 Å². The second-order valence-corrected chi connectivity index (χ2v) is 6.78. The van der Waals surface area contributed by atoms with E-state index in [1.807, 2.05) is 20.8 Å². The number of Topliss-reactive ketones (excluding diaryl/α,β-unsaturated/α-hetero) is 1. The SMILES string of the molecule is CCC(C)C(N)C(=O)C(C)C(C)C(CC1CCCO1)C(=O)O. The van der Waals surface area contributed by atoms with Gasteiger partial charge in [-0.25, -0.2) is 0 Å². The number of hydrogen-bond acceptors (Lipinski definition) is 4. The van der Waals surface area contributed by atoms with Crippen LogP contribution in [0.25, 0.3) is 0 Å². The molecule has 6 unspecified atom stereocenters. The molecule has 1 rings (SSSR count). The lowest BCUT2D eigenvalue weighted by Crippen LogP contribution is -2.43. The molecule has 6 atom stereocenters. The monoisotopic (exact) mass is 313 g/mol. The molecule has 5 heteroatoms. The second-order valence-electron chi connectivity index (χ2n) is 6.78. The summed E-state index contributed by atoms with van der Waals surface area (Å²) >= 11 is 0. The molecule has 0 spiro atoms. The molecule has 1 heterocycles. The maximum Gasteiger partial charge on any atom is 0.306 e. The molecule has 1 fully saturated rings. The van der Waals surface area contributed by atoms with Crippen LogP contribution in [-0.2, 0) is 14.3 Å². The molecule has 0 amide bonds. The lowest BCUT2D eigenvalue weighted by Gasteiger charge is -2.29. The van der Waals surface area contributed by atoms with Crippen molar-refractivity contribution in [3.63, 3.8) is 0 Å². The summed E-state index contributed by atoms with van der Waals surface area (Å²) < 4.78 is 5.55. The van der Waals surface area contributed by atoms with Crippen LogP contribution in [0.15, 0.2) is 0 Å². The first kappa shape index (κ1) is 19.1. The van der Waals surface area contributed by atoms with Gasteiger partial charge in [-0.3, -0.25) is 9.59 Å². The predicted octanol–water partition coefficient (Wildman–Crippen LogP) is 2.47. The zero-order valence-corrected chi connectivity index (χ0v) is 14.2. The van der Waals surface area contributed by atoms with Gasteiger partial charge in [0.25, 0.3) is 0 Å². The fourth-order valence-corrected chi connectivity index (χ4v) is 3.10. The van der Waals surface area contributed by atoms with Crippen molar-refractivity contribution in [1.82, 2.24) is 0 Å². The van der Waals surface area contributed by atoms with Crippen LogP contribution in [0.2, 0.25) is 0 Å². The van der Waals surface area contributed by atoms with Gasteiger partial charge in [-0.2, -0.15) is 0 Å². The second kappa shape index (κ2) is 8.63. The summed E-state index contributed by atoms with van der Waals surface area (Å²) in [5, 5.41) is 9.53. The molecule has 0 aliphatic carbocycles. The Kier molecular flexibility index (Phi) is 7.49. The van der Waals surface area contributed by atoms with Crippen LogP contribution in [0.1, 0.15) is 53.4 Å². The summed E-state index contributed by atoms with van der Waals surface area (Å²) in [5.74, 6) is -1.93. The minimum absolute atomic E-state index is 0.00842. The van der Waals surface area contributed by atoms with E-state index < -0.39 is 17.9 Å². The Morgan fingerprint density at radius 3 is 2.41 bits per heavy atom. The smallest absolute Gasteiger partial charge is 0.306 e. The zero-order chi connectivity index (χ0) is 16.9. The van der Waals surface area contributed by atoms with Crippen molar-refractivity contribution < 1.29 is 19.4 Å². The van der Waals surface area contributed by atoms with Gasteiger partial charge >= 0.3 is 5.97 Å².